The van der Waals surface area contributed by atoms with Gasteiger partial charge in [-0.15, -0.1) is 0 Å². The van der Waals surface area contributed by atoms with Gasteiger partial charge in [0.1, 0.15) is 34.7 Å². The zero-order valence-corrected chi connectivity index (χ0v) is 17.3. The molecular weight excluding hydrogens is 412 g/mol. The van der Waals surface area contributed by atoms with Gasteiger partial charge in [0.05, 0.1) is 16.6 Å². The van der Waals surface area contributed by atoms with Crippen molar-refractivity contribution in [3.63, 3.8) is 0 Å². The first-order valence-corrected chi connectivity index (χ1v) is 10.1. The molecule has 33 heavy (non-hydrogen) atoms. The smallest absolute Gasteiger partial charge is 0.174 e. The largest absolute Gasteiger partial charge is 0.382 e. The Morgan fingerprint density at radius 1 is 0.970 bits per heavy atom. The van der Waals surface area contributed by atoms with E-state index in [-0.39, 0.29) is 22.6 Å². The molecule has 0 bridgehead atoms. The van der Waals surface area contributed by atoms with Gasteiger partial charge in [-0.2, -0.15) is 15.6 Å². The summed E-state index contributed by atoms with van der Waals surface area (Å²) in [4.78, 5) is 0. The number of nitriles is 2. The van der Waals surface area contributed by atoms with Gasteiger partial charge in [-0.1, -0.05) is 59.8 Å². The first-order chi connectivity index (χ1) is 16.2. The van der Waals surface area contributed by atoms with Crippen LogP contribution in [0.3, 0.4) is 0 Å². The Morgan fingerprint density at radius 2 is 1.70 bits per heavy atom. The number of rotatable bonds is 4. The van der Waals surface area contributed by atoms with Crippen molar-refractivity contribution in [2.45, 2.75) is 0 Å². The van der Waals surface area contributed by atoms with E-state index in [1.54, 1.807) is 6.08 Å². The highest BCUT2D eigenvalue weighted by molar-refractivity contribution is 5.96. The number of hydrogen-bond donors (Lipinski definition) is 1. The zero-order valence-electron chi connectivity index (χ0n) is 17.3. The molecule has 2 N–H and O–H groups in total. The second kappa shape index (κ2) is 8.18. The molecule has 7 nitrogen and oxygen atoms in total. The molecule has 0 amide bonds. The van der Waals surface area contributed by atoms with Gasteiger partial charge in [-0.05, 0) is 35.9 Å². The van der Waals surface area contributed by atoms with E-state index in [4.69, 9.17) is 10.3 Å². The average molecular weight is 428 g/mol. The molecule has 2 aromatic heterocycles. The van der Waals surface area contributed by atoms with Gasteiger partial charge >= 0.3 is 0 Å². The van der Waals surface area contributed by atoms with Crippen LogP contribution in [0.15, 0.2) is 83.4 Å². The summed E-state index contributed by atoms with van der Waals surface area (Å²) in [5, 5.41) is 29.0. The predicted molar refractivity (Wildman–Crippen MR) is 126 cm³/mol. The van der Waals surface area contributed by atoms with Crippen molar-refractivity contribution in [2.75, 3.05) is 5.73 Å². The normalized spacial score (nSPS) is 11.3. The molecule has 7 heteroatoms. The Balaban J connectivity index is 1.62. The van der Waals surface area contributed by atoms with E-state index in [9.17, 15) is 10.5 Å². The molecule has 5 rings (SSSR count). The molecule has 0 spiro atoms. The van der Waals surface area contributed by atoms with E-state index in [0.29, 0.717) is 17.0 Å². The fraction of sp³-hybridized carbons (Fsp3) is 0. The number of aromatic nitrogens is 3. The highest BCUT2D eigenvalue weighted by atomic mass is 16.5. The third kappa shape index (κ3) is 3.50. The second-order valence-corrected chi connectivity index (χ2v) is 7.29. The number of allylic oxidation sites excluding steroid dienone is 1. The molecule has 156 valence electrons. The van der Waals surface area contributed by atoms with E-state index in [2.05, 4.69) is 22.4 Å². The SMILES string of the molecule is N#C/C(=C\c1ccc2noc(-c3ccccc3)c2c1)c1nn(-c2ccccc2)c(N)c1C#N. The number of nitrogen functional groups attached to an aromatic ring is 1. The van der Waals surface area contributed by atoms with Gasteiger partial charge in [-0.25, -0.2) is 4.68 Å². The Hall–Kier alpha value is -5.14. The molecule has 0 aliphatic heterocycles. The first kappa shape index (κ1) is 19.8. The first-order valence-electron chi connectivity index (χ1n) is 10.1. The Morgan fingerprint density at radius 3 is 2.39 bits per heavy atom. The van der Waals surface area contributed by atoms with E-state index in [0.717, 1.165) is 16.5 Å². The fourth-order valence-corrected chi connectivity index (χ4v) is 3.66. The van der Waals surface area contributed by atoms with Crippen molar-refractivity contribution < 1.29 is 4.52 Å². The summed E-state index contributed by atoms with van der Waals surface area (Å²) in [5.41, 5.74) is 9.87. The van der Waals surface area contributed by atoms with Crippen molar-refractivity contribution in [1.29, 1.82) is 10.5 Å². The Kier molecular flexibility index (Phi) is 4.91. The summed E-state index contributed by atoms with van der Waals surface area (Å²) in [5.74, 6) is 0.829. The quantitative estimate of drug-likeness (QED) is 0.393. The monoisotopic (exact) mass is 428 g/mol. The molecule has 2 heterocycles. The van der Waals surface area contributed by atoms with Gasteiger partial charge in [0.25, 0.3) is 0 Å². The van der Waals surface area contributed by atoms with Crippen LogP contribution < -0.4 is 5.73 Å². The summed E-state index contributed by atoms with van der Waals surface area (Å²) < 4.78 is 7.03. The minimum absolute atomic E-state index is 0.155. The average Bonchev–Trinajstić information content (AvgIpc) is 3.44. The number of nitrogens with two attached hydrogens (primary N) is 1. The number of benzene rings is 3. The molecule has 0 aliphatic rings. The molecule has 0 atom stereocenters. The van der Waals surface area contributed by atoms with E-state index >= 15 is 0 Å². The molecule has 0 saturated heterocycles. The van der Waals surface area contributed by atoms with Gasteiger partial charge < -0.3 is 10.3 Å². The summed E-state index contributed by atoms with van der Waals surface area (Å²) in [6.45, 7) is 0. The van der Waals surface area contributed by atoms with Gasteiger partial charge in [-0.3, -0.25) is 0 Å². The molecule has 0 unspecified atom stereocenters. The van der Waals surface area contributed by atoms with Crippen molar-refractivity contribution in [3.05, 3.63) is 95.7 Å². The van der Waals surface area contributed by atoms with Gasteiger partial charge in [0.15, 0.2) is 5.76 Å². The van der Waals surface area contributed by atoms with Crippen LogP contribution in [0.4, 0.5) is 5.82 Å². The number of hydrogen-bond acceptors (Lipinski definition) is 6. The highest BCUT2D eigenvalue weighted by Gasteiger charge is 2.20. The lowest BCUT2D eigenvalue weighted by molar-refractivity contribution is 0.441. The lowest BCUT2D eigenvalue weighted by Crippen LogP contribution is -2.02. The van der Waals surface area contributed by atoms with Crippen LogP contribution >= 0.6 is 0 Å². The lowest BCUT2D eigenvalue weighted by atomic mass is 10.0. The third-order valence-corrected chi connectivity index (χ3v) is 5.26. The maximum atomic E-state index is 9.89. The standard InChI is InChI=1S/C26H16N6O/c27-15-19(24-22(16-28)26(29)32(30-24)20-9-5-2-6-10-20)13-17-11-12-23-21(14-17)25(33-31-23)18-7-3-1-4-8-18/h1-14H,29H2/b19-13+. The van der Waals surface area contributed by atoms with Gasteiger partial charge in [0.2, 0.25) is 0 Å². The summed E-state index contributed by atoms with van der Waals surface area (Å²) in [7, 11) is 0. The molecule has 3 aromatic carbocycles. The maximum absolute atomic E-state index is 9.89. The maximum Gasteiger partial charge on any atom is 0.174 e. The number of nitrogens with zero attached hydrogens (tertiary/aromatic N) is 5. The number of anilines is 1. The van der Waals surface area contributed by atoms with E-state index in [1.807, 2.05) is 78.9 Å². The zero-order chi connectivity index (χ0) is 22.8. The van der Waals surface area contributed by atoms with E-state index < -0.39 is 0 Å². The van der Waals surface area contributed by atoms with E-state index in [1.165, 1.54) is 4.68 Å². The molecule has 0 radical (unpaired) electrons. The van der Waals surface area contributed by atoms with Crippen molar-refractivity contribution in [3.8, 4) is 29.1 Å². The van der Waals surface area contributed by atoms with Crippen LogP contribution in [-0.2, 0) is 0 Å². The van der Waals surface area contributed by atoms with Gasteiger partial charge in [0, 0.05) is 5.56 Å². The molecule has 0 fully saturated rings. The summed E-state index contributed by atoms with van der Waals surface area (Å²) >= 11 is 0. The second-order valence-electron chi connectivity index (χ2n) is 7.29. The summed E-state index contributed by atoms with van der Waals surface area (Å²) in [6, 6.07) is 28.7. The van der Waals surface area contributed by atoms with Crippen LogP contribution in [0.1, 0.15) is 16.8 Å². The predicted octanol–water partition coefficient (Wildman–Crippen LogP) is 5.20. The topological polar surface area (TPSA) is 117 Å². The molecular formula is C26H16N6O. The van der Waals surface area contributed by atoms with Crippen LogP contribution in [0.25, 0.3) is 39.6 Å². The van der Waals surface area contributed by atoms with Crippen LogP contribution in [0.5, 0.6) is 0 Å². The highest BCUT2D eigenvalue weighted by Crippen LogP contribution is 2.31. The third-order valence-electron chi connectivity index (χ3n) is 5.26. The van der Waals surface area contributed by atoms with Crippen molar-refractivity contribution >= 4 is 28.4 Å². The minimum Gasteiger partial charge on any atom is -0.382 e. The number of fused-ring (bicyclic) bond motifs is 1. The molecule has 5 aromatic rings. The van der Waals surface area contributed by atoms with Crippen LogP contribution in [-0.4, -0.2) is 14.9 Å². The Bertz CT molecular complexity index is 1580. The van der Waals surface area contributed by atoms with Crippen LogP contribution in [0, 0.1) is 22.7 Å². The molecule has 0 saturated carbocycles. The van der Waals surface area contributed by atoms with Crippen molar-refractivity contribution in [1.82, 2.24) is 14.9 Å². The fourth-order valence-electron chi connectivity index (χ4n) is 3.66. The molecule has 0 aliphatic carbocycles. The number of para-hydroxylation sites is 1. The van der Waals surface area contributed by atoms with Crippen LogP contribution in [0.2, 0.25) is 0 Å². The Labute approximate surface area is 189 Å². The lowest BCUT2D eigenvalue weighted by Gasteiger charge is -2.02. The summed E-state index contributed by atoms with van der Waals surface area (Å²) in [6.07, 6.45) is 1.68. The van der Waals surface area contributed by atoms with Crippen molar-refractivity contribution in [2.24, 2.45) is 0 Å². The minimum atomic E-state index is 0.155.